The maximum absolute atomic E-state index is 13.6. The first-order valence-electron chi connectivity index (χ1n) is 6.82. The first-order chi connectivity index (χ1) is 11.0. The number of carbonyl (C=O) groups is 1. The second kappa shape index (κ2) is 6.26. The van der Waals surface area contributed by atoms with E-state index in [-0.39, 0.29) is 5.56 Å². The summed E-state index contributed by atoms with van der Waals surface area (Å²) in [6.07, 6.45) is 0. The van der Waals surface area contributed by atoms with E-state index in [0.29, 0.717) is 10.8 Å². The number of benzene rings is 2. The second-order valence-electron chi connectivity index (χ2n) is 4.98. The molecule has 0 spiro atoms. The number of amides is 1. The average molecular weight is 330 g/mol. The van der Waals surface area contributed by atoms with Gasteiger partial charge in [0.15, 0.2) is 5.13 Å². The van der Waals surface area contributed by atoms with E-state index < -0.39 is 17.5 Å². The quantitative estimate of drug-likeness (QED) is 0.759. The summed E-state index contributed by atoms with van der Waals surface area (Å²) < 4.78 is 26.7. The first-order valence-corrected chi connectivity index (χ1v) is 7.70. The van der Waals surface area contributed by atoms with Crippen LogP contribution in [0.3, 0.4) is 0 Å². The zero-order valence-corrected chi connectivity index (χ0v) is 13.0. The van der Waals surface area contributed by atoms with Crippen molar-refractivity contribution in [1.29, 1.82) is 0 Å². The molecule has 0 bridgehead atoms. The fourth-order valence-electron chi connectivity index (χ4n) is 2.02. The maximum atomic E-state index is 13.6. The van der Waals surface area contributed by atoms with Crippen molar-refractivity contribution in [3.63, 3.8) is 0 Å². The Morgan fingerprint density at radius 3 is 2.61 bits per heavy atom. The van der Waals surface area contributed by atoms with E-state index in [4.69, 9.17) is 0 Å². The Kier molecular flexibility index (Phi) is 4.16. The molecule has 0 aliphatic carbocycles. The van der Waals surface area contributed by atoms with Gasteiger partial charge in [0.1, 0.15) is 11.6 Å². The molecule has 0 radical (unpaired) electrons. The van der Waals surface area contributed by atoms with Crippen LogP contribution >= 0.6 is 11.3 Å². The number of hydrogen-bond donors (Lipinski definition) is 1. The molecule has 1 amide bonds. The van der Waals surface area contributed by atoms with E-state index >= 15 is 0 Å². The molecule has 0 unspecified atom stereocenters. The van der Waals surface area contributed by atoms with E-state index in [1.165, 1.54) is 11.3 Å². The monoisotopic (exact) mass is 330 g/mol. The lowest BCUT2D eigenvalue weighted by atomic mass is 10.1. The van der Waals surface area contributed by atoms with E-state index in [1.54, 1.807) is 5.38 Å². The first kappa shape index (κ1) is 15.3. The summed E-state index contributed by atoms with van der Waals surface area (Å²) in [4.78, 5) is 16.3. The number of nitrogens with one attached hydrogen (secondary N) is 1. The molecule has 6 heteroatoms. The number of aryl methyl sites for hydroxylation is 1. The lowest BCUT2D eigenvalue weighted by Crippen LogP contribution is -2.13. The normalized spacial score (nSPS) is 10.6. The molecule has 116 valence electrons. The minimum Gasteiger partial charge on any atom is -0.298 e. The van der Waals surface area contributed by atoms with Gasteiger partial charge in [-0.3, -0.25) is 10.1 Å². The van der Waals surface area contributed by atoms with Crippen molar-refractivity contribution in [2.24, 2.45) is 0 Å². The van der Waals surface area contributed by atoms with Gasteiger partial charge in [-0.05, 0) is 25.1 Å². The molecule has 2 aromatic carbocycles. The standard InChI is InChI=1S/C17H12F2N2OS/c1-10-2-4-11(5-3-10)15-9-23-17(20-15)21-16(22)13-8-12(18)6-7-14(13)19/h2-9H,1H3,(H,20,21,22). The largest absolute Gasteiger partial charge is 0.298 e. The van der Waals surface area contributed by atoms with Crippen molar-refractivity contribution in [2.75, 3.05) is 5.32 Å². The molecule has 1 aromatic heterocycles. The SMILES string of the molecule is Cc1ccc(-c2csc(NC(=O)c3cc(F)ccc3F)n2)cc1. The summed E-state index contributed by atoms with van der Waals surface area (Å²) in [7, 11) is 0. The van der Waals surface area contributed by atoms with E-state index in [0.717, 1.165) is 29.3 Å². The van der Waals surface area contributed by atoms with Crippen LogP contribution in [-0.2, 0) is 0 Å². The number of hydrogen-bond acceptors (Lipinski definition) is 3. The van der Waals surface area contributed by atoms with E-state index in [9.17, 15) is 13.6 Å². The molecule has 0 fully saturated rings. The van der Waals surface area contributed by atoms with Gasteiger partial charge in [-0.2, -0.15) is 0 Å². The third kappa shape index (κ3) is 3.43. The summed E-state index contributed by atoms with van der Waals surface area (Å²) in [5.41, 5.74) is 2.42. The second-order valence-corrected chi connectivity index (χ2v) is 5.84. The van der Waals surface area contributed by atoms with Gasteiger partial charge in [0.05, 0.1) is 11.3 Å². The lowest BCUT2D eigenvalue weighted by molar-refractivity contribution is 0.102. The minimum atomic E-state index is -0.779. The number of carbonyl (C=O) groups excluding carboxylic acids is 1. The van der Waals surface area contributed by atoms with Crippen LogP contribution in [0.2, 0.25) is 0 Å². The Morgan fingerprint density at radius 2 is 1.87 bits per heavy atom. The smallest absolute Gasteiger partial charge is 0.260 e. The zero-order chi connectivity index (χ0) is 16.4. The third-order valence-corrected chi connectivity index (χ3v) is 4.00. The van der Waals surface area contributed by atoms with Gasteiger partial charge in [0.2, 0.25) is 0 Å². The number of nitrogens with zero attached hydrogens (tertiary/aromatic N) is 1. The lowest BCUT2D eigenvalue weighted by Gasteiger charge is -2.03. The fraction of sp³-hybridized carbons (Fsp3) is 0.0588. The van der Waals surface area contributed by atoms with Gasteiger partial charge in [0.25, 0.3) is 5.91 Å². The highest BCUT2D eigenvalue weighted by Gasteiger charge is 2.15. The van der Waals surface area contributed by atoms with Gasteiger partial charge < -0.3 is 0 Å². The van der Waals surface area contributed by atoms with Crippen LogP contribution in [0.15, 0.2) is 47.8 Å². The maximum Gasteiger partial charge on any atom is 0.260 e. The Hall–Kier alpha value is -2.60. The Bertz CT molecular complexity index is 859. The average Bonchev–Trinajstić information content (AvgIpc) is 2.99. The highest BCUT2D eigenvalue weighted by molar-refractivity contribution is 7.14. The Balaban J connectivity index is 1.80. The molecule has 0 atom stereocenters. The van der Waals surface area contributed by atoms with E-state index in [2.05, 4.69) is 10.3 Å². The van der Waals surface area contributed by atoms with Crippen LogP contribution in [0.1, 0.15) is 15.9 Å². The van der Waals surface area contributed by atoms with Crippen LogP contribution in [0.25, 0.3) is 11.3 Å². The predicted octanol–water partition coefficient (Wildman–Crippen LogP) is 4.65. The van der Waals surface area contributed by atoms with Crippen molar-refractivity contribution in [3.05, 3.63) is 70.6 Å². The molecule has 0 saturated heterocycles. The topological polar surface area (TPSA) is 42.0 Å². The molecule has 1 heterocycles. The Labute approximate surface area is 135 Å². The summed E-state index contributed by atoms with van der Waals surface area (Å²) in [6.45, 7) is 1.99. The van der Waals surface area contributed by atoms with Crippen LogP contribution < -0.4 is 5.32 Å². The summed E-state index contributed by atoms with van der Waals surface area (Å²) in [5.74, 6) is -2.18. The van der Waals surface area contributed by atoms with Crippen LogP contribution in [0.4, 0.5) is 13.9 Å². The molecule has 0 saturated carbocycles. The summed E-state index contributed by atoms with van der Waals surface area (Å²) in [6, 6.07) is 10.5. The highest BCUT2D eigenvalue weighted by atomic mass is 32.1. The van der Waals surface area contributed by atoms with Gasteiger partial charge >= 0.3 is 0 Å². The van der Waals surface area contributed by atoms with Crippen LogP contribution in [0.5, 0.6) is 0 Å². The van der Waals surface area contributed by atoms with Gasteiger partial charge in [-0.1, -0.05) is 29.8 Å². The number of anilines is 1. The molecule has 3 rings (SSSR count). The molecule has 3 aromatic rings. The number of aromatic nitrogens is 1. The van der Waals surface area contributed by atoms with Gasteiger partial charge in [-0.25, -0.2) is 13.8 Å². The number of halogens is 2. The summed E-state index contributed by atoms with van der Waals surface area (Å²) >= 11 is 1.22. The van der Waals surface area contributed by atoms with Crippen molar-refractivity contribution in [1.82, 2.24) is 4.98 Å². The predicted molar refractivity (Wildman–Crippen MR) is 86.6 cm³/mol. The van der Waals surface area contributed by atoms with Crippen molar-refractivity contribution >= 4 is 22.4 Å². The van der Waals surface area contributed by atoms with Crippen molar-refractivity contribution in [3.8, 4) is 11.3 Å². The summed E-state index contributed by atoms with van der Waals surface area (Å²) in [5, 5.41) is 4.61. The number of rotatable bonds is 3. The molecular formula is C17H12F2N2OS. The zero-order valence-electron chi connectivity index (χ0n) is 12.1. The molecule has 0 aliphatic rings. The van der Waals surface area contributed by atoms with Crippen LogP contribution in [-0.4, -0.2) is 10.9 Å². The van der Waals surface area contributed by atoms with Gasteiger partial charge in [0, 0.05) is 10.9 Å². The third-order valence-electron chi connectivity index (χ3n) is 3.25. The van der Waals surface area contributed by atoms with Crippen molar-refractivity contribution in [2.45, 2.75) is 6.92 Å². The molecule has 3 nitrogen and oxygen atoms in total. The van der Waals surface area contributed by atoms with E-state index in [1.807, 2.05) is 31.2 Å². The molecule has 23 heavy (non-hydrogen) atoms. The van der Waals surface area contributed by atoms with Gasteiger partial charge in [-0.15, -0.1) is 11.3 Å². The minimum absolute atomic E-state index is 0.328. The highest BCUT2D eigenvalue weighted by Crippen LogP contribution is 2.25. The fourth-order valence-corrected chi connectivity index (χ4v) is 2.74. The number of thiazole rings is 1. The van der Waals surface area contributed by atoms with Crippen molar-refractivity contribution < 1.29 is 13.6 Å². The molecule has 0 aliphatic heterocycles. The molecular weight excluding hydrogens is 318 g/mol. The van der Waals surface area contributed by atoms with Crippen LogP contribution in [0, 0.1) is 18.6 Å². The Morgan fingerprint density at radius 1 is 1.13 bits per heavy atom. The molecule has 1 N–H and O–H groups in total.